The van der Waals surface area contributed by atoms with Crippen molar-refractivity contribution in [2.45, 2.75) is 137 Å². The van der Waals surface area contributed by atoms with Crippen molar-refractivity contribution >= 4 is 29.5 Å². The van der Waals surface area contributed by atoms with Gasteiger partial charge in [0.05, 0.1) is 6.04 Å². The average molecular weight is 674 g/mol. The van der Waals surface area contributed by atoms with Gasteiger partial charge >= 0.3 is 0 Å². The fraction of sp³-hybridized carbons (Fsp3) is 0.722. The van der Waals surface area contributed by atoms with Crippen LogP contribution in [0, 0.1) is 17.8 Å². The van der Waals surface area contributed by atoms with E-state index in [1.807, 2.05) is 41.5 Å². The van der Waals surface area contributed by atoms with Crippen molar-refractivity contribution in [3.8, 4) is 0 Å². The smallest absolute Gasteiger partial charge is 0.252 e. The van der Waals surface area contributed by atoms with Crippen molar-refractivity contribution in [1.29, 1.82) is 0 Å². The fourth-order valence-electron chi connectivity index (χ4n) is 5.40. The molecule has 5 amide bonds. The maximum absolute atomic E-state index is 13.7. The van der Waals surface area contributed by atoms with Crippen LogP contribution < -0.4 is 31.9 Å². The van der Waals surface area contributed by atoms with E-state index in [0.717, 1.165) is 12.8 Å². The first-order valence-corrected chi connectivity index (χ1v) is 17.9. The molecular formula is C36H63N7O5. The molecule has 6 atom stereocenters. The molecule has 1 aromatic rings. The van der Waals surface area contributed by atoms with Gasteiger partial charge < -0.3 is 31.9 Å². The summed E-state index contributed by atoms with van der Waals surface area (Å²) in [6.07, 6.45) is 7.72. The topological polar surface area (TPSA) is 170 Å². The minimum Gasteiger partial charge on any atom is -0.355 e. The van der Waals surface area contributed by atoms with Crippen LogP contribution in [0.4, 0.5) is 0 Å². The van der Waals surface area contributed by atoms with E-state index in [2.05, 4.69) is 57.7 Å². The van der Waals surface area contributed by atoms with Gasteiger partial charge in [-0.1, -0.05) is 81.1 Å². The second-order valence-corrected chi connectivity index (χ2v) is 13.5. The minimum atomic E-state index is -0.831. The van der Waals surface area contributed by atoms with Gasteiger partial charge in [0.25, 0.3) is 5.91 Å². The number of nitrogens with zero attached hydrogens (tertiary/aromatic N) is 1. The SMILES string of the molecule is CCCC[C@H](NC[C@H](CC(C)C)NC(=O)[C@H](CCC)NC(=O)[C@@H](NC(=O)c1ccncc1)[C@@H](C)CC)C(=O)N[C@H](C(=O)NCC)C(C)C. The van der Waals surface area contributed by atoms with Crippen LogP contribution in [0.3, 0.4) is 0 Å². The van der Waals surface area contributed by atoms with E-state index in [0.29, 0.717) is 50.8 Å². The summed E-state index contributed by atoms with van der Waals surface area (Å²) < 4.78 is 0. The van der Waals surface area contributed by atoms with Gasteiger partial charge in [-0.2, -0.15) is 0 Å². The van der Waals surface area contributed by atoms with Crippen molar-refractivity contribution in [2.24, 2.45) is 17.8 Å². The van der Waals surface area contributed by atoms with Gasteiger partial charge in [-0.05, 0) is 56.1 Å². The Morgan fingerprint density at radius 2 is 1.35 bits per heavy atom. The summed E-state index contributed by atoms with van der Waals surface area (Å²) >= 11 is 0. The second kappa shape index (κ2) is 22.9. The molecule has 0 radical (unpaired) electrons. The molecule has 1 heterocycles. The Hall–Kier alpha value is -3.54. The molecule has 272 valence electrons. The van der Waals surface area contributed by atoms with Crippen molar-refractivity contribution in [3.63, 3.8) is 0 Å². The number of hydrogen-bond donors (Lipinski definition) is 6. The third kappa shape index (κ3) is 15.1. The summed E-state index contributed by atoms with van der Waals surface area (Å²) in [6, 6.07) is 0.0262. The molecule has 0 aromatic carbocycles. The Morgan fingerprint density at radius 1 is 0.708 bits per heavy atom. The zero-order chi connectivity index (χ0) is 36.2. The van der Waals surface area contributed by atoms with E-state index < -0.39 is 30.1 Å². The molecule has 1 aromatic heterocycles. The first-order chi connectivity index (χ1) is 22.8. The largest absolute Gasteiger partial charge is 0.355 e. The number of amides is 5. The summed E-state index contributed by atoms with van der Waals surface area (Å²) in [5.41, 5.74) is 0.396. The van der Waals surface area contributed by atoms with Gasteiger partial charge in [0.2, 0.25) is 23.6 Å². The number of nitrogens with one attached hydrogen (secondary N) is 6. The predicted molar refractivity (Wildman–Crippen MR) is 190 cm³/mol. The molecule has 0 fully saturated rings. The lowest BCUT2D eigenvalue weighted by Gasteiger charge is -2.29. The highest BCUT2D eigenvalue weighted by Crippen LogP contribution is 2.12. The molecule has 0 aliphatic rings. The molecule has 0 saturated heterocycles. The number of carbonyl (C=O) groups is 5. The van der Waals surface area contributed by atoms with Crippen molar-refractivity contribution in [1.82, 2.24) is 36.9 Å². The van der Waals surface area contributed by atoms with Crippen LogP contribution in [-0.2, 0) is 19.2 Å². The highest BCUT2D eigenvalue weighted by molar-refractivity contribution is 5.98. The number of pyridine rings is 1. The molecule has 48 heavy (non-hydrogen) atoms. The zero-order valence-corrected chi connectivity index (χ0v) is 30.8. The number of unbranched alkanes of at least 4 members (excludes halogenated alkanes) is 1. The number of carbonyl (C=O) groups excluding carboxylic acids is 5. The number of hydrogen-bond acceptors (Lipinski definition) is 7. The maximum Gasteiger partial charge on any atom is 0.252 e. The monoisotopic (exact) mass is 673 g/mol. The molecule has 0 aliphatic carbocycles. The molecule has 0 bridgehead atoms. The quantitative estimate of drug-likeness (QED) is 0.103. The Kier molecular flexibility index (Phi) is 20.3. The third-order valence-corrected chi connectivity index (χ3v) is 8.41. The van der Waals surface area contributed by atoms with Crippen LogP contribution >= 0.6 is 0 Å². The summed E-state index contributed by atoms with van der Waals surface area (Å²) in [4.78, 5) is 70.2. The van der Waals surface area contributed by atoms with Crippen molar-refractivity contribution in [2.75, 3.05) is 13.1 Å². The third-order valence-electron chi connectivity index (χ3n) is 8.41. The van der Waals surface area contributed by atoms with Gasteiger partial charge in [0, 0.05) is 37.1 Å². The van der Waals surface area contributed by atoms with E-state index in [4.69, 9.17) is 0 Å². The molecule has 0 spiro atoms. The second-order valence-electron chi connectivity index (χ2n) is 13.5. The first-order valence-electron chi connectivity index (χ1n) is 17.9. The maximum atomic E-state index is 13.7. The van der Waals surface area contributed by atoms with E-state index in [-0.39, 0.29) is 47.4 Å². The molecule has 0 unspecified atom stereocenters. The normalized spacial score (nSPS) is 15.1. The summed E-state index contributed by atoms with van der Waals surface area (Å²) in [7, 11) is 0. The zero-order valence-electron chi connectivity index (χ0n) is 30.8. The van der Waals surface area contributed by atoms with Crippen LogP contribution in [0.15, 0.2) is 24.5 Å². The van der Waals surface area contributed by atoms with Gasteiger partial charge in [-0.3, -0.25) is 29.0 Å². The Balaban J connectivity index is 3.09. The van der Waals surface area contributed by atoms with E-state index in [9.17, 15) is 24.0 Å². The lowest BCUT2D eigenvalue weighted by molar-refractivity contribution is -0.131. The van der Waals surface area contributed by atoms with Crippen molar-refractivity contribution in [3.05, 3.63) is 30.1 Å². The summed E-state index contributed by atoms with van der Waals surface area (Å²) in [6.45, 7) is 18.4. The van der Waals surface area contributed by atoms with Gasteiger partial charge in [-0.25, -0.2) is 0 Å². The Bertz CT molecular complexity index is 1130. The molecule has 6 N–H and O–H groups in total. The summed E-state index contributed by atoms with van der Waals surface area (Å²) in [5.74, 6) is -1.58. The minimum absolute atomic E-state index is 0.0881. The van der Waals surface area contributed by atoms with Crippen LogP contribution in [0.1, 0.15) is 118 Å². The number of aromatic nitrogens is 1. The lowest BCUT2D eigenvalue weighted by atomic mass is 9.97. The molecule has 0 saturated carbocycles. The molecule has 0 aliphatic heterocycles. The number of rotatable bonds is 23. The van der Waals surface area contributed by atoms with E-state index in [1.165, 1.54) is 12.4 Å². The van der Waals surface area contributed by atoms with Crippen molar-refractivity contribution < 1.29 is 24.0 Å². The van der Waals surface area contributed by atoms with Crippen LogP contribution in [0.5, 0.6) is 0 Å². The Morgan fingerprint density at radius 3 is 1.90 bits per heavy atom. The Labute approximate surface area is 288 Å². The number of likely N-dealkylation sites (N-methyl/N-ethyl adjacent to an activating group) is 1. The van der Waals surface area contributed by atoms with E-state index in [1.54, 1.807) is 12.1 Å². The molecule has 12 heteroatoms. The van der Waals surface area contributed by atoms with E-state index >= 15 is 0 Å². The highest BCUT2D eigenvalue weighted by Gasteiger charge is 2.32. The van der Waals surface area contributed by atoms with Crippen LogP contribution in [-0.4, -0.2) is 77.8 Å². The standard InChI is InChI=1S/C36H63N7O5/c1-10-14-16-28(33(45)42-30(24(7)8)35(47)38-13-4)39-22-27(21-23(5)6)40-34(46)29(15-11-2)41-36(48)31(25(9)12-3)43-32(44)26-17-19-37-20-18-26/h17-20,23-25,27-31,39H,10-16,21-22H2,1-9H3,(H,38,47)(H,40,46)(H,41,48)(H,42,45)(H,43,44)/t25-,27-,28-,29-,30-,31-/m0/s1. The molecule has 1 rings (SSSR count). The predicted octanol–water partition coefficient (Wildman–Crippen LogP) is 3.47. The molecular weight excluding hydrogens is 610 g/mol. The molecule has 12 nitrogen and oxygen atoms in total. The fourth-order valence-corrected chi connectivity index (χ4v) is 5.40. The summed E-state index contributed by atoms with van der Waals surface area (Å²) in [5, 5.41) is 18.0. The first kappa shape index (κ1) is 42.5. The van der Waals surface area contributed by atoms with Gasteiger partial charge in [-0.15, -0.1) is 0 Å². The van der Waals surface area contributed by atoms with Crippen LogP contribution in [0.2, 0.25) is 0 Å². The van der Waals surface area contributed by atoms with Gasteiger partial charge in [0.15, 0.2) is 0 Å². The van der Waals surface area contributed by atoms with Gasteiger partial charge in [0.1, 0.15) is 18.1 Å². The average Bonchev–Trinajstić information content (AvgIpc) is 3.05. The highest BCUT2D eigenvalue weighted by atomic mass is 16.2. The van der Waals surface area contributed by atoms with Crippen LogP contribution in [0.25, 0.3) is 0 Å². The lowest BCUT2D eigenvalue weighted by Crippen LogP contribution is -2.58.